The van der Waals surface area contributed by atoms with Gasteiger partial charge in [0.05, 0.1) is 0 Å². The molecule has 0 saturated heterocycles. The maximum absolute atomic E-state index is 10.9. The third kappa shape index (κ3) is 5.92. The minimum Gasteiger partial charge on any atom is -0.480 e. The molecule has 18 heavy (non-hydrogen) atoms. The highest BCUT2D eigenvalue weighted by Gasteiger charge is 2.17. The molecule has 0 aliphatic heterocycles. The van der Waals surface area contributed by atoms with Crippen molar-refractivity contribution < 1.29 is 14.7 Å². The summed E-state index contributed by atoms with van der Waals surface area (Å²) in [6.45, 7) is 1.31. The van der Waals surface area contributed by atoms with Crippen LogP contribution in [0.25, 0.3) is 0 Å². The topological polar surface area (TPSA) is 79.3 Å². The first kappa shape index (κ1) is 14.8. The van der Waals surface area contributed by atoms with E-state index in [1.807, 2.05) is 18.2 Å². The number of carbonyl (C=O) groups is 2. The molecule has 1 aromatic rings. The van der Waals surface area contributed by atoms with E-state index in [9.17, 15) is 9.59 Å². The van der Waals surface area contributed by atoms with E-state index in [0.29, 0.717) is 12.2 Å². The van der Waals surface area contributed by atoms with E-state index in [-0.39, 0.29) is 5.91 Å². The van der Waals surface area contributed by atoms with Crippen LogP contribution in [0.2, 0.25) is 0 Å². The summed E-state index contributed by atoms with van der Waals surface area (Å²) < 4.78 is 0. The molecule has 1 rings (SSSR count). The summed E-state index contributed by atoms with van der Waals surface area (Å²) in [6.07, 6.45) is 2.10. The van der Waals surface area contributed by atoms with Crippen molar-refractivity contribution in [2.75, 3.05) is 5.75 Å². The molecule has 1 amide bonds. The highest BCUT2D eigenvalue weighted by atomic mass is 33.1. The predicted octanol–water partition coefficient (Wildman–Crippen LogP) is 1.80. The highest BCUT2D eigenvalue weighted by molar-refractivity contribution is 8.76. The Kier molecular flexibility index (Phi) is 6.59. The van der Waals surface area contributed by atoms with Crippen molar-refractivity contribution >= 4 is 33.5 Å². The van der Waals surface area contributed by atoms with Crippen LogP contribution in [-0.2, 0) is 9.59 Å². The molecule has 98 valence electrons. The second-order valence-corrected chi connectivity index (χ2v) is 5.89. The molecule has 0 fully saturated rings. The summed E-state index contributed by atoms with van der Waals surface area (Å²) >= 11 is 0. The van der Waals surface area contributed by atoms with Crippen molar-refractivity contribution in [2.45, 2.75) is 24.4 Å². The minimum absolute atomic E-state index is 0.329. The monoisotopic (exact) mass is 286 g/mol. The standard InChI is InChI=1S/C11H14N2O3S2/c1-8(14)13-9(11(15)16)5-7-17-18-10-4-2-3-6-12-10/h2-4,6,9H,5,7H2,1H3,(H,13,14)(H,15,16)/t9-/m0/s1. The Morgan fingerprint density at radius 1 is 1.50 bits per heavy atom. The number of pyridine rings is 1. The molecule has 0 saturated carbocycles. The Morgan fingerprint density at radius 3 is 2.83 bits per heavy atom. The van der Waals surface area contributed by atoms with Gasteiger partial charge in [0.2, 0.25) is 5.91 Å². The molecule has 7 heteroatoms. The average Bonchev–Trinajstić information content (AvgIpc) is 2.33. The fourth-order valence-corrected chi connectivity index (χ4v) is 3.14. The van der Waals surface area contributed by atoms with Gasteiger partial charge in [-0.15, -0.1) is 0 Å². The first-order valence-corrected chi connectivity index (χ1v) is 7.62. The number of nitrogens with one attached hydrogen (secondary N) is 1. The Bertz CT molecular complexity index is 401. The number of aromatic nitrogens is 1. The summed E-state index contributed by atoms with van der Waals surface area (Å²) in [5, 5.41) is 12.2. The van der Waals surface area contributed by atoms with Crippen LogP contribution in [0.1, 0.15) is 13.3 Å². The molecule has 5 nitrogen and oxygen atoms in total. The normalized spacial score (nSPS) is 11.8. The molecule has 0 spiro atoms. The number of carboxylic acids is 1. The van der Waals surface area contributed by atoms with E-state index < -0.39 is 12.0 Å². The quantitative estimate of drug-likeness (QED) is 0.588. The lowest BCUT2D eigenvalue weighted by atomic mass is 10.2. The lowest BCUT2D eigenvalue weighted by Gasteiger charge is -2.12. The van der Waals surface area contributed by atoms with Crippen LogP contribution >= 0.6 is 21.6 Å². The molecular weight excluding hydrogens is 272 g/mol. The molecule has 0 aromatic carbocycles. The van der Waals surface area contributed by atoms with Gasteiger partial charge in [-0.3, -0.25) is 4.79 Å². The molecule has 1 atom stereocenters. The summed E-state index contributed by atoms with van der Waals surface area (Å²) in [5.41, 5.74) is 0. The second kappa shape index (κ2) is 7.99. The van der Waals surface area contributed by atoms with Gasteiger partial charge < -0.3 is 10.4 Å². The molecule has 0 aliphatic carbocycles. The largest absolute Gasteiger partial charge is 0.480 e. The predicted molar refractivity (Wildman–Crippen MR) is 72.4 cm³/mol. The number of hydrogen-bond acceptors (Lipinski definition) is 5. The van der Waals surface area contributed by atoms with Crippen LogP contribution in [0.5, 0.6) is 0 Å². The van der Waals surface area contributed by atoms with Crippen LogP contribution in [-0.4, -0.2) is 33.8 Å². The molecule has 0 aliphatic rings. The van der Waals surface area contributed by atoms with Gasteiger partial charge in [-0.05, 0) is 29.3 Å². The molecular formula is C11H14N2O3S2. The number of carbonyl (C=O) groups excluding carboxylic acids is 1. The SMILES string of the molecule is CC(=O)N[C@@H](CCSSc1ccccn1)C(=O)O. The highest BCUT2D eigenvalue weighted by Crippen LogP contribution is 2.29. The Morgan fingerprint density at radius 2 is 2.28 bits per heavy atom. The minimum atomic E-state index is -1.01. The summed E-state index contributed by atoms with van der Waals surface area (Å²) in [6, 6.07) is 4.80. The van der Waals surface area contributed by atoms with Crippen LogP contribution < -0.4 is 5.32 Å². The van der Waals surface area contributed by atoms with Gasteiger partial charge >= 0.3 is 5.97 Å². The molecule has 1 heterocycles. The smallest absolute Gasteiger partial charge is 0.326 e. The third-order valence-electron chi connectivity index (χ3n) is 1.95. The van der Waals surface area contributed by atoms with Crippen LogP contribution in [0.15, 0.2) is 29.4 Å². The second-order valence-electron chi connectivity index (χ2n) is 3.45. The van der Waals surface area contributed by atoms with Crippen molar-refractivity contribution in [1.82, 2.24) is 10.3 Å². The van der Waals surface area contributed by atoms with Crippen LogP contribution in [0, 0.1) is 0 Å². The van der Waals surface area contributed by atoms with E-state index in [1.165, 1.54) is 28.5 Å². The van der Waals surface area contributed by atoms with E-state index >= 15 is 0 Å². The fourth-order valence-electron chi connectivity index (χ4n) is 1.17. The van der Waals surface area contributed by atoms with Gasteiger partial charge in [0.25, 0.3) is 0 Å². The summed E-state index contributed by atoms with van der Waals surface area (Å²) in [5.74, 6) is -0.711. The Balaban J connectivity index is 2.27. The number of aliphatic carboxylic acids is 1. The maximum Gasteiger partial charge on any atom is 0.326 e. The first-order chi connectivity index (χ1) is 8.59. The van der Waals surface area contributed by atoms with E-state index in [4.69, 9.17) is 5.11 Å². The molecule has 2 N–H and O–H groups in total. The zero-order valence-corrected chi connectivity index (χ0v) is 11.5. The molecule has 0 bridgehead atoms. The van der Waals surface area contributed by atoms with Crippen LogP contribution in [0.3, 0.4) is 0 Å². The average molecular weight is 286 g/mol. The van der Waals surface area contributed by atoms with E-state index in [2.05, 4.69) is 10.3 Å². The van der Waals surface area contributed by atoms with E-state index in [1.54, 1.807) is 6.20 Å². The molecule has 0 unspecified atom stereocenters. The molecule has 1 aromatic heterocycles. The lowest BCUT2D eigenvalue weighted by Crippen LogP contribution is -2.39. The summed E-state index contributed by atoms with van der Waals surface area (Å²) in [7, 11) is 3.01. The zero-order valence-electron chi connectivity index (χ0n) is 9.83. The van der Waals surface area contributed by atoms with Gasteiger partial charge in [-0.1, -0.05) is 16.9 Å². The zero-order chi connectivity index (χ0) is 13.4. The van der Waals surface area contributed by atoms with Gasteiger partial charge in [0.1, 0.15) is 11.1 Å². The number of carboxylic acid groups (broad SMARTS) is 1. The maximum atomic E-state index is 10.9. The van der Waals surface area contributed by atoms with Crippen molar-refractivity contribution in [3.8, 4) is 0 Å². The number of rotatable bonds is 7. The number of amides is 1. The van der Waals surface area contributed by atoms with Gasteiger partial charge in [-0.2, -0.15) is 0 Å². The van der Waals surface area contributed by atoms with Crippen molar-refractivity contribution in [2.24, 2.45) is 0 Å². The lowest BCUT2D eigenvalue weighted by molar-refractivity contribution is -0.141. The van der Waals surface area contributed by atoms with Gasteiger partial charge in [0.15, 0.2) is 0 Å². The van der Waals surface area contributed by atoms with Gasteiger partial charge in [0, 0.05) is 18.9 Å². The van der Waals surface area contributed by atoms with Crippen LogP contribution in [0.4, 0.5) is 0 Å². The third-order valence-corrected chi connectivity index (χ3v) is 4.25. The molecule has 0 radical (unpaired) electrons. The van der Waals surface area contributed by atoms with E-state index in [0.717, 1.165) is 5.03 Å². The summed E-state index contributed by atoms with van der Waals surface area (Å²) in [4.78, 5) is 25.8. The Labute approximate surface area is 113 Å². The number of hydrogen-bond donors (Lipinski definition) is 2. The fraction of sp³-hybridized carbons (Fsp3) is 0.364. The Hall–Kier alpha value is -1.21. The first-order valence-electron chi connectivity index (χ1n) is 5.30. The van der Waals surface area contributed by atoms with Crippen molar-refractivity contribution in [3.05, 3.63) is 24.4 Å². The number of nitrogens with zero attached hydrogens (tertiary/aromatic N) is 1. The van der Waals surface area contributed by atoms with Crippen molar-refractivity contribution in [3.63, 3.8) is 0 Å². The van der Waals surface area contributed by atoms with Crippen molar-refractivity contribution in [1.29, 1.82) is 0 Å². The van der Waals surface area contributed by atoms with Gasteiger partial charge in [-0.25, -0.2) is 9.78 Å².